The van der Waals surface area contributed by atoms with Crippen molar-refractivity contribution >= 4 is 5.69 Å². The van der Waals surface area contributed by atoms with Crippen molar-refractivity contribution in [2.24, 2.45) is 0 Å². The van der Waals surface area contributed by atoms with Gasteiger partial charge in [0, 0.05) is 12.2 Å². The highest BCUT2D eigenvalue weighted by molar-refractivity contribution is 5.47. The van der Waals surface area contributed by atoms with Crippen molar-refractivity contribution in [1.82, 2.24) is 0 Å². The first-order chi connectivity index (χ1) is 7.43. The fraction of sp³-hybridized carbons (Fsp3) is 0.333. The summed E-state index contributed by atoms with van der Waals surface area (Å²) in [6.45, 7) is 6.23. The van der Waals surface area contributed by atoms with Crippen molar-refractivity contribution in [1.29, 1.82) is 0 Å². The van der Waals surface area contributed by atoms with Gasteiger partial charge in [0.25, 0.3) is 0 Å². The molecule has 0 amide bonds. The lowest BCUT2D eigenvalue weighted by Crippen LogP contribution is -2.07. The second-order valence-corrected chi connectivity index (χ2v) is 3.54. The zero-order valence-electron chi connectivity index (χ0n) is 9.06. The molecular weight excluding hydrogens is 215 g/mol. The third-order valence-corrected chi connectivity index (χ3v) is 2.23. The second-order valence-electron chi connectivity index (χ2n) is 3.54. The minimum absolute atomic E-state index is 0.462. The van der Waals surface area contributed by atoms with E-state index in [2.05, 4.69) is 11.9 Å². The molecule has 0 aliphatic heterocycles. The summed E-state index contributed by atoms with van der Waals surface area (Å²) in [5.41, 5.74) is 0.779. The predicted octanol–water partition coefficient (Wildman–Crippen LogP) is 4.08. The summed E-state index contributed by atoms with van der Waals surface area (Å²) in [7, 11) is 0. The predicted molar refractivity (Wildman–Crippen MR) is 59.4 cm³/mol. The molecule has 1 rings (SSSR count). The first kappa shape index (κ1) is 12.6. The fourth-order valence-corrected chi connectivity index (χ4v) is 1.16. The molecule has 0 radical (unpaired) electrons. The summed E-state index contributed by atoms with van der Waals surface area (Å²) >= 11 is 0. The molecule has 0 spiro atoms. The molecule has 0 saturated heterocycles. The average molecular weight is 229 g/mol. The van der Waals surface area contributed by atoms with E-state index in [1.165, 1.54) is 6.07 Å². The number of alkyl halides is 3. The van der Waals surface area contributed by atoms with Gasteiger partial charge >= 0.3 is 6.18 Å². The first-order valence-corrected chi connectivity index (χ1v) is 5.01. The maximum Gasteiger partial charge on any atom is 0.416 e. The second kappa shape index (κ2) is 5.05. The Bertz CT molecular complexity index is 369. The molecule has 0 atom stereocenters. The average Bonchev–Trinajstić information content (AvgIpc) is 2.25. The first-order valence-electron chi connectivity index (χ1n) is 5.01. The summed E-state index contributed by atoms with van der Waals surface area (Å²) in [6, 6.07) is 5.15. The van der Waals surface area contributed by atoms with E-state index in [0.717, 1.165) is 24.1 Å². The summed E-state index contributed by atoms with van der Waals surface area (Å²) in [5.74, 6) is 0. The van der Waals surface area contributed by atoms with E-state index in [1.807, 2.05) is 6.92 Å². The third kappa shape index (κ3) is 3.61. The third-order valence-electron chi connectivity index (χ3n) is 2.23. The molecular formula is C12H14F3N. The van der Waals surface area contributed by atoms with Gasteiger partial charge in [0.2, 0.25) is 0 Å². The van der Waals surface area contributed by atoms with Crippen LogP contribution in [0.1, 0.15) is 18.9 Å². The Hall–Kier alpha value is -1.45. The van der Waals surface area contributed by atoms with Crippen molar-refractivity contribution in [2.75, 3.05) is 11.9 Å². The van der Waals surface area contributed by atoms with Gasteiger partial charge in [-0.2, -0.15) is 13.2 Å². The van der Waals surface area contributed by atoms with Crippen LogP contribution in [0.25, 0.3) is 0 Å². The van der Waals surface area contributed by atoms with Crippen LogP contribution in [0.5, 0.6) is 0 Å². The maximum atomic E-state index is 12.4. The van der Waals surface area contributed by atoms with Crippen molar-refractivity contribution < 1.29 is 13.2 Å². The van der Waals surface area contributed by atoms with Gasteiger partial charge in [0.1, 0.15) is 0 Å². The molecule has 0 unspecified atom stereocenters. The van der Waals surface area contributed by atoms with Crippen LogP contribution >= 0.6 is 0 Å². The van der Waals surface area contributed by atoms with Gasteiger partial charge in [-0.3, -0.25) is 0 Å². The highest BCUT2D eigenvalue weighted by Gasteiger charge is 2.30. The van der Waals surface area contributed by atoms with E-state index < -0.39 is 11.7 Å². The van der Waals surface area contributed by atoms with Gasteiger partial charge in [0.05, 0.1) is 5.56 Å². The lowest BCUT2D eigenvalue weighted by molar-refractivity contribution is -0.137. The number of benzene rings is 1. The molecule has 0 fully saturated rings. The molecule has 88 valence electrons. The van der Waals surface area contributed by atoms with Crippen LogP contribution in [0, 0.1) is 0 Å². The number of rotatable bonds is 4. The monoisotopic (exact) mass is 229 g/mol. The van der Waals surface area contributed by atoms with Crippen molar-refractivity contribution in [3.63, 3.8) is 0 Å². The Kier molecular flexibility index (Phi) is 3.99. The molecule has 1 aromatic carbocycles. The van der Waals surface area contributed by atoms with Gasteiger partial charge in [-0.25, -0.2) is 0 Å². The molecule has 0 aliphatic carbocycles. The lowest BCUT2D eigenvalue weighted by Gasteiger charge is -2.11. The summed E-state index contributed by atoms with van der Waals surface area (Å²) in [4.78, 5) is 0. The van der Waals surface area contributed by atoms with Gasteiger partial charge < -0.3 is 5.32 Å². The molecule has 1 N–H and O–H groups in total. The van der Waals surface area contributed by atoms with Gasteiger partial charge in [-0.05, 0) is 24.6 Å². The van der Waals surface area contributed by atoms with Gasteiger partial charge in [-0.1, -0.05) is 25.1 Å². The van der Waals surface area contributed by atoms with Gasteiger partial charge in [-0.15, -0.1) is 0 Å². The molecule has 1 aromatic rings. The standard InChI is InChI=1S/C12H14F3N/c1-3-9(2)8-16-11-6-4-5-10(7-11)12(13,14)15/h4-7,16H,2-3,8H2,1H3. The SMILES string of the molecule is C=C(CC)CNc1cccc(C(F)(F)F)c1. The van der Waals surface area contributed by atoms with Crippen LogP contribution in [0.4, 0.5) is 18.9 Å². The van der Waals surface area contributed by atoms with Crippen LogP contribution in [-0.2, 0) is 6.18 Å². The van der Waals surface area contributed by atoms with E-state index in [9.17, 15) is 13.2 Å². The van der Waals surface area contributed by atoms with Crippen LogP contribution < -0.4 is 5.32 Å². The van der Waals surface area contributed by atoms with Crippen LogP contribution in [0.2, 0.25) is 0 Å². The van der Waals surface area contributed by atoms with E-state index in [1.54, 1.807) is 6.07 Å². The quantitative estimate of drug-likeness (QED) is 0.767. The van der Waals surface area contributed by atoms with E-state index in [4.69, 9.17) is 0 Å². The van der Waals surface area contributed by atoms with E-state index in [-0.39, 0.29) is 0 Å². The molecule has 0 aliphatic rings. The number of anilines is 1. The Balaban J connectivity index is 2.72. The molecule has 0 heterocycles. The minimum Gasteiger partial charge on any atom is -0.381 e. The Labute approximate surface area is 93.0 Å². The fourth-order valence-electron chi connectivity index (χ4n) is 1.16. The summed E-state index contributed by atoms with van der Waals surface area (Å²) < 4.78 is 37.2. The van der Waals surface area contributed by atoms with E-state index in [0.29, 0.717) is 12.2 Å². The smallest absolute Gasteiger partial charge is 0.381 e. The van der Waals surface area contributed by atoms with Gasteiger partial charge in [0.15, 0.2) is 0 Å². The number of hydrogen-bond donors (Lipinski definition) is 1. The number of halogens is 3. The molecule has 0 aromatic heterocycles. The highest BCUT2D eigenvalue weighted by atomic mass is 19.4. The van der Waals surface area contributed by atoms with E-state index >= 15 is 0 Å². The van der Waals surface area contributed by atoms with Crippen molar-refractivity contribution in [3.05, 3.63) is 42.0 Å². The largest absolute Gasteiger partial charge is 0.416 e. The zero-order valence-corrected chi connectivity index (χ0v) is 9.06. The molecule has 4 heteroatoms. The Morgan fingerprint density at radius 1 is 1.38 bits per heavy atom. The summed E-state index contributed by atoms with van der Waals surface area (Å²) in [5, 5.41) is 2.91. The van der Waals surface area contributed by atoms with Crippen LogP contribution in [-0.4, -0.2) is 6.54 Å². The summed E-state index contributed by atoms with van der Waals surface area (Å²) in [6.07, 6.45) is -3.48. The Morgan fingerprint density at radius 3 is 2.62 bits per heavy atom. The van der Waals surface area contributed by atoms with Crippen molar-refractivity contribution in [2.45, 2.75) is 19.5 Å². The number of hydrogen-bond acceptors (Lipinski definition) is 1. The van der Waals surface area contributed by atoms with Crippen molar-refractivity contribution in [3.8, 4) is 0 Å². The van der Waals surface area contributed by atoms with Crippen LogP contribution in [0.3, 0.4) is 0 Å². The lowest BCUT2D eigenvalue weighted by atomic mass is 10.2. The normalized spacial score (nSPS) is 11.2. The minimum atomic E-state index is -4.29. The molecule has 1 nitrogen and oxygen atoms in total. The topological polar surface area (TPSA) is 12.0 Å². The molecule has 0 bridgehead atoms. The molecule has 0 saturated carbocycles. The maximum absolute atomic E-state index is 12.4. The highest BCUT2D eigenvalue weighted by Crippen LogP contribution is 2.30. The van der Waals surface area contributed by atoms with Crippen LogP contribution in [0.15, 0.2) is 36.4 Å². The Morgan fingerprint density at radius 2 is 2.06 bits per heavy atom. The zero-order chi connectivity index (χ0) is 12.2. The number of nitrogens with one attached hydrogen (secondary N) is 1. The molecule has 16 heavy (non-hydrogen) atoms.